The highest BCUT2D eigenvalue weighted by atomic mass is 16.5. The van der Waals surface area contributed by atoms with Crippen LogP contribution in [0.1, 0.15) is 27.3 Å². The highest BCUT2D eigenvalue weighted by molar-refractivity contribution is 5.92. The molecule has 0 aliphatic carbocycles. The number of fused-ring (bicyclic) bond motifs is 1. The SMILES string of the molecule is Cc1ccc(OCc2nc3cc(C(=O)O)ccc3n2C)c(C)c1. The van der Waals surface area contributed by atoms with Crippen LogP contribution in [0.3, 0.4) is 0 Å². The van der Waals surface area contributed by atoms with Gasteiger partial charge in [-0.05, 0) is 43.7 Å². The second-order valence-electron chi connectivity index (χ2n) is 5.65. The number of aromatic carboxylic acids is 1. The average Bonchev–Trinajstić information content (AvgIpc) is 2.82. The predicted molar refractivity (Wildman–Crippen MR) is 87.9 cm³/mol. The van der Waals surface area contributed by atoms with E-state index in [9.17, 15) is 4.79 Å². The maximum absolute atomic E-state index is 11.1. The van der Waals surface area contributed by atoms with Crippen LogP contribution in [-0.4, -0.2) is 20.6 Å². The van der Waals surface area contributed by atoms with Gasteiger partial charge < -0.3 is 14.4 Å². The number of aryl methyl sites for hydroxylation is 3. The molecule has 2 aromatic carbocycles. The summed E-state index contributed by atoms with van der Waals surface area (Å²) in [4.78, 5) is 15.5. The molecule has 0 bridgehead atoms. The number of rotatable bonds is 4. The molecule has 5 heteroatoms. The van der Waals surface area contributed by atoms with Crippen LogP contribution < -0.4 is 4.74 Å². The minimum Gasteiger partial charge on any atom is -0.485 e. The average molecular weight is 310 g/mol. The van der Waals surface area contributed by atoms with Gasteiger partial charge in [-0.25, -0.2) is 9.78 Å². The Morgan fingerprint density at radius 1 is 1.22 bits per heavy atom. The Labute approximate surface area is 134 Å². The molecule has 0 saturated carbocycles. The molecule has 1 aromatic heterocycles. The van der Waals surface area contributed by atoms with Crippen LogP contribution in [0.15, 0.2) is 36.4 Å². The summed E-state index contributed by atoms with van der Waals surface area (Å²) in [5.74, 6) is 0.627. The van der Waals surface area contributed by atoms with Gasteiger partial charge in [-0.1, -0.05) is 17.7 Å². The number of hydrogen-bond donors (Lipinski definition) is 1. The van der Waals surface area contributed by atoms with E-state index in [1.165, 1.54) is 5.56 Å². The zero-order chi connectivity index (χ0) is 16.6. The van der Waals surface area contributed by atoms with E-state index in [4.69, 9.17) is 9.84 Å². The number of nitrogens with zero attached hydrogens (tertiary/aromatic N) is 2. The molecular weight excluding hydrogens is 292 g/mol. The van der Waals surface area contributed by atoms with Crippen LogP contribution in [0.25, 0.3) is 11.0 Å². The van der Waals surface area contributed by atoms with E-state index in [0.29, 0.717) is 12.1 Å². The maximum Gasteiger partial charge on any atom is 0.335 e. The zero-order valence-corrected chi connectivity index (χ0v) is 13.3. The van der Waals surface area contributed by atoms with Gasteiger partial charge in [0.1, 0.15) is 18.2 Å². The van der Waals surface area contributed by atoms with Crippen LogP contribution in [0.4, 0.5) is 0 Å². The van der Waals surface area contributed by atoms with Crippen LogP contribution in [-0.2, 0) is 13.7 Å². The van der Waals surface area contributed by atoms with Crippen molar-refractivity contribution in [3.63, 3.8) is 0 Å². The van der Waals surface area contributed by atoms with Gasteiger partial charge in [0.2, 0.25) is 0 Å². The van der Waals surface area contributed by atoms with Crippen LogP contribution >= 0.6 is 0 Å². The Kier molecular flexibility index (Phi) is 3.78. The molecule has 0 amide bonds. The number of hydrogen-bond acceptors (Lipinski definition) is 3. The molecule has 0 spiro atoms. The summed E-state index contributed by atoms with van der Waals surface area (Å²) in [5, 5.41) is 9.07. The van der Waals surface area contributed by atoms with Gasteiger partial charge in [-0.15, -0.1) is 0 Å². The normalized spacial score (nSPS) is 10.9. The molecule has 3 aromatic rings. The molecule has 0 aliphatic heterocycles. The van der Waals surface area contributed by atoms with E-state index in [2.05, 4.69) is 11.1 Å². The Hall–Kier alpha value is -2.82. The Morgan fingerprint density at radius 2 is 2.00 bits per heavy atom. The number of carboxylic acid groups (broad SMARTS) is 1. The van der Waals surface area contributed by atoms with Gasteiger partial charge in [0.05, 0.1) is 16.6 Å². The molecule has 0 radical (unpaired) electrons. The van der Waals surface area contributed by atoms with E-state index in [1.54, 1.807) is 18.2 Å². The first-order valence-electron chi connectivity index (χ1n) is 7.34. The van der Waals surface area contributed by atoms with Crippen LogP contribution in [0, 0.1) is 13.8 Å². The summed E-state index contributed by atoms with van der Waals surface area (Å²) in [7, 11) is 1.90. The second-order valence-corrected chi connectivity index (χ2v) is 5.65. The third-order valence-corrected chi connectivity index (χ3v) is 3.91. The quantitative estimate of drug-likeness (QED) is 0.801. The molecule has 0 saturated heterocycles. The molecule has 1 N–H and O–H groups in total. The predicted octanol–water partition coefficient (Wildman–Crippen LogP) is 3.47. The smallest absolute Gasteiger partial charge is 0.335 e. The molecule has 0 atom stereocenters. The van der Waals surface area contributed by atoms with Gasteiger partial charge in [0.25, 0.3) is 0 Å². The monoisotopic (exact) mass is 310 g/mol. The fraction of sp³-hybridized carbons (Fsp3) is 0.222. The van der Waals surface area contributed by atoms with Crippen molar-refractivity contribution in [1.82, 2.24) is 9.55 Å². The molecule has 118 valence electrons. The largest absolute Gasteiger partial charge is 0.485 e. The van der Waals surface area contributed by atoms with Crippen molar-refractivity contribution in [2.75, 3.05) is 0 Å². The first-order chi connectivity index (χ1) is 11.0. The van der Waals surface area contributed by atoms with E-state index in [-0.39, 0.29) is 5.56 Å². The van der Waals surface area contributed by atoms with E-state index in [1.807, 2.05) is 37.6 Å². The highest BCUT2D eigenvalue weighted by Gasteiger charge is 2.11. The van der Waals surface area contributed by atoms with Crippen molar-refractivity contribution < 1.29 is 14.6 Å². The van der Waals surface area contributed by atoms with E-state index < -0.39 is 5.97 Å². The first kappa shape index (κ1) is 15.1. The Bertz CT molecular complexity index is 897. The molecule has 3 rings (SSSR count). The van der Waals surface area contributed by atoms with Crippen molar-refractivity contribution >= 4 is 17.0 Å². The Balaban J connectivity index is 1.88. The number of ether oxygens (including phenoxy) is 1. The fourth-order valence-electron chi connectivity index (χ4n) is 2.62. The van der Waals surface area contributed by atoms with Crippen molar-refractivity contribution in [3.05, 3.63) is 58.9 Å². The van der Waals surface area contributed by atoms with Crippen molar-refractivity contribution in [2.45, 2.75) is 20.5 Å². The Morgan fingerprint density at radius 3 is 2.70 bits per heavy atom. The lowest BCUT2D eigenvalue weighted by atomic mass is 10.1. The standard InChI is InChI=1S/C18H18N2O3/c1-11-4-7-16(12(2)8-11)23-10-17-19-14-9-13(18(21)22)5-6-15(14)20(17)3/h4-9H,10H2,1-3H3,(H,21,22). The summed E-state index contributed by atoms with van der Waals surface area (Å²) in [6.45, 7) is 4.39. The van der Waals surface area contributed by atoms with E-state index in [0.717, 1.165) is 22.7 Å². The van der Waals surface area contributed by atoms with Crippen molar-refractivity contribution in [3.8, 4) is 5.75 Å². The summed E-state index contributed by atoms with van der Waals surface area (Å²) in [6, 6.07) is 11.0. The summed E-state index contributed by atoms with van der Waals surface area (Å²) < 4.78 is 7.79. The van der Waals surface area contributed by atoms with Gasteiger partial charge in [-0.3, -0.25) is 0 Å². The van der Waals surface area contributed by atoms with Crippen molar-refractivity contribution in [2.24, 2.45) is 7.05 Å². The number of aromatic nitrogens is 2. The number of carboxylic acids is 1. The molecule has 0 unspecified atom stereocenters. The molecule has 0 fully saturated rings. The highest BCUT2D eigenvalue weighted by Crippen LogP contribution is 2.22. The lowest BCUT2D eigenvalue weighted by Crippen LogP contribution is -2.04. The summed E-state index contributed by atoms with van der Waals surface area (Å²) in [5.41, 5.74) is 4.05. The van der Waals surface area contributed by atoms with Gasteiger partial charge in [0.15, 0.2) is 0 Å². The summed E-state index contributed by atoms with van der Waals surface area (Å²) in [6.07, 6.45) is 0. The van der Waals surface area contributed by atoms with Crippen molar-refractivity contribution in [1.29, 1.82) is 0 Å². The lowest BCUT2D eigenvalue weighted by Gasteiger charge is -2.09. The second kappa shape index (κ2) is 5.76. The van der Waals surface area contributed by atoms with Crippen LogP contribution in [0.5, 0.6) is 5.75 Å². The van der Waals surface area contributed by atoms with Gasteiger partial charge >= 0.3 is 5.97 Å². The zero-order valence-electron chi connectivity index (χ0n) is 13.3. The molecular formula is C18H18N2O3. The third-order valence-electron chi connectivity index (χ3n) is 3.91. The van der Waals surface area contributed by atoms with E-state index >= 15 is 0 Å². The molecule has 1 heterocycles. The van der Waals surface area contributed by atoms with Gasteiger partial charge in [-0.2, -0.15) is 0 Å². The minimum absolute atomic E-state index is 0.234. The lowest BCUT2D eigenvalue weighted by molar-refractivity contribution is 0.0697. The number of benzene rings is 2. The number of carbonyl (C=O) groups is 1. The molecule has 0 aliphatic rings. The number of imidazole rings is 1. The topological polar surface area (TPSA) is 64.3 Å². The first-order valence-corrected chi connectivity index (χ1v) is 7.34. The maximum atomic E-state index is 11.1. The third kappa shape index (κ3) is 2.90. The van der Waals surface area contributed by atoms with Gasteiger partial charge in [0, 0.05) is 7.05 Å². The fourth-order valence-corrected chi connectivity index (χ4v) is 2.62. The van der Waals surface area contributed by atoms with Crippen LogP contribution in [0.2, 0.25) is 0 Å². The summed E-state index contributed by atoms with van der Waals surface area (Å²) >= 11 is 0. The minimum atomic E-state index is -0.953. The molecule has 23 heavy (non-hydrogen) atoms. The molecule has 5 nitrogen and oxygen atoms in total.